The molecule has 0 saturated carbocycles. The van der Waals surface area contributed by atoms with Gasteiger partial charge in [-0.1, -0.05) is 13.8 Å². The van der Waals surface area contributed by atoms with E-state index in [4.69, 9.17) is 0 Å². The first kappa shape index (κ1) is 16.3. The Morgan fingerprint density at radius 3 is 2.40 bits per heavy atom. The normalized spacial score (nSPS) is 12.3. The van der Waals surface area contributed by atoms with Crippen molar-refractivity contribution < 1.29 is 23.1 Å². The zero-order valence-corrected chi connectivity index (χ0v) is 11.2. The van der Waals surface area contributed by atoms with Crippen molar-refractivity contribution in [2.75, 3.05) is 11.9 Å². The van der Waals surface area contributed by atoms with E-state index in [0.29, 0.717) is 18.6 Å². The van der Waals surface area contributed by atoms with Crippen LogP contribution in [-0.4, -0.2) is 23.8 Å². The van der Waals surface area contributed by atoms with Gasteiger partial charge in [0.05, 0.1) is 11.8 Å². The summed E-state index contributed by atoms with van der Waals surface area (Å²) < 4.78 is 38.9. The van der Waals surface area contributed by atoms with Gasteiger partial charge in [-0.25, -0.2) is 18.0 Å². The standard InChI is InChI=1S/C13H17F3N2O2/c1-7(2)12(19)3-4-17-13(20)18-11-6-9(15)8(14)5-10(11)16/h5-7,12,19H,3-4H2,1-2H3,(H2,17,18,20). The van der Waals surface area contributed by atoms with E-state index in [9.17, 15) is 23.1 Å². The Bertz CT molecular complexity index is 481. The number of hydrogen-bond donors (Lipinski definition) is 3. The molecule has 20 heavy (non-hydrogen) atoms. The maximum atomic E-state index is 13.3. The van der Waals surface area contributed by atoms with E-state index in [2.05, 4.69) is 10.6 Å². The fraction of sp³-hybridized carbons (Fsp3) is 0.462. The molecule has 1 aromatic rings. The van der Waals surface area contributed by atoms with E-state index in [1.807, 2.05) is 13.8 Å². The molecule has 0 radical (unpaired) electrons. The third-order valence-electron chi connectivity index (χ3n) is 2.75. The topological polar surface area (TPSA) is 61.4 Å². The molecule has 0 bridgehead atoms. The van der Waals surface area contributed by atoms with Crippen LogP contribution in [0.25, 0.3) is 0 Å². The second-order valence-electron chi connectivity index (χ2n) is 4.73. The number of anilines is 1. The van der Waals surface area contributed by atoms with Gasteiger partial charge >= 0.3 is 6.03 Å². The summed E-state index contributed by atoms with van der Waals surface area (Å²) in [4.78, 5) is 11.4. The Hall–Kier alpha value is -1.76. The summed E-state index contributed by atoms with van der Waals surface area (Å²) in [6, 6.07) is 0.159. The summed E-state index contributed by atoms with van der Waals surface area (Å²) in [5.74, 6) is -3.59. The zero-order chi connectivity index (χ0) is 15.3. The quantitative estimate of drug-likeness (QED) is 0.730. The van der Waals surface area contributed by atoms with E-state index in [1.165, 1.54) is 0 Å². The maximum Gasteiger partial charge on any atom is 0.319 e. The number of urea groups is 1. The number of hydrogen-bond acceptors (Lipinski definition) is 2. The molecule has 0 aromatic heterocycles. The number of amides is 2. The lowest BCUT2D eigenvalue weighted by atomic mass is 10.0. The van der Waals surface area contributed by atoms with Crippen LogP contribution in [-0.2, 0) is 0 Å². The van der Waals surface area contributed by atoms with Gasteiger partial charge in [0, 0.05) is 18.7 Å². The Morgan fingerprint density at radius 1 is 1.20 bits per heavy atom. The number of carbonyl (C=O) groups excluding carboxylic acids is 1. The molecule has 4 nitrogen and oxygen atoms in total. The number of nitrogens with one attached hydrogen (secondary N) is 2. The van der Waals surface area contributed by atoms with Crippen molar-refractivity contribution in [1.29, 1.82) is 0 Å². The molecule has 0 fully saturated rings. The summed E-state index contributed by atoms with van der Waals surface area (Å²) >= 11 is 0. The van der Waals surface area contributed by atoms with Gasteiger partial charge in [0.25, 0.3) is 0 Å². The molecule has 1 rings (SSSR count). The highest BCUT2D eigenvalue weighted by atomic mass is 19.2. The van der Waals surface area contributed by atoms with E-state index >= 15 is 0 Å². The molecule has 7 heteroatoms. The van der Waals surface area contributed by atoms with Gasteiger partial charge in [-0.3, -0.25) is 0 Å². The molecular formula is C13H17F3N2O2. The molecule has 0 spiro atoms. The number of benzene rings is 1. The van der Waals surface area contributed by atoms with Gasteiger partial charge in [0.15, 0.2) is 11.6 Å². The summed E-state index contributed by atoms with van der Waals surface area (Å²) in [5.41, 5.74) is -0.453. The third-order valence-corrected chi connectivity index (χ3v) is 2.75. The molecule has 1 unspecified atom stereocenters. The lowest BCUT2D eigenvalue weighted by Crippen LogP contribution is -2.32. The molecular weight excluding hydrogens is 273 g/mol. The lowest BCUT2D eigenvalue weighted by Gasteiger charge is -2.14. The average Bonchev–Trinajstić information content (AvgIpc) is 2.35. The van der Waals surface area contributed by atoms with Crippen molar-refractivity contribution in [3.8, 4) is 0 Å². The number of rotatable bonds is 5. The van der Waals surface area contributed by atoms with E-state index < -0.39 is 35.3 Å². The van der Waals surface area contributed by atoms with Crippen molar-refractivity contribution >= 4 is 11.7 Å². The van der Waals surface area contributed by atoms with Crippen LogP contribution in [0.1, 0.15) is 20.3 Å². The summed E-state index contributed by atoms with van der Waals surface area (Å²) in [5, 5.41) is 14.0. The van der Waals surface area contributed by atoms with Gasteiger partial charge in [-0.15, -0.1) is 0 Å². The van der Waals surface area contributed by atoms with Crippen LogP contribution in [0.5, 0.6) is 0 Å². The first-order chi connectivity index (χ1) is 9.31. The molecule has 0 aliphatic rings. The van der Waals surface area contributed by atoms with Gasteiger partial charge < -0.3 is 15.7 Å². The van der Waals surface area contributed by atoms with E-state index in [-0.39, 0.29) is 12.5 Å². The lowest BCUT2D eigenvalue weighted by molar-refractivity contribution is 0.117. The Labute approximate surface area is 115 Å². The van der Waals surface area contributed by atoms with E-state index in [0.717, 1.165) is 0 Å². The molecule has 112 valence electrons. The van der Waals surface area contributed by atoms with Gasteiger partial charge in [0.2, 0.25) is 0 Å². The van der Waals surface area contributed by atoms with Crippen molar-refractivity contribution in [1.82, 2.24) is 5.32 Å². The predicted molar refractivity (Wildman–Crippen MR) is 68.8 cm³/mol. The summed E-state index contributed by atoms with van der Waals surface area (Å²) in [6.07, 6.45) is -0.221. The largest absolute Gasteiger partial charge is 0.393 e. The first-order valence-electron chi connectivity index (χ1n) is 6.18. The molecule has 3 N–H and O–H groups in total. The minimum Gasteiger partial charge on any atom is -0.393 e. The van der Waals surface area contributed by atoms with Crippen LogP contribution < -0.4 is 10.6 Å². The third kappa shape index (κ3) is 4.73. The van der Waals surface area contributed by atoms with Crippen molar-refractivity contribution in [2.24, 2.45) is 5.92 Å². The molecule has 1 atom stereocenters. The van der Waals surface area contributed by atoms with Crippen LogP contribution in [0.4, 0.5) is 23.7 Å². The average molecular weight is 290 g/mol. The van der Waals surface area contributed by atoms with Gasteiger partial charge in [-0.05, 0) is 12.3 Å². The molecule has 2 amide bonds. The Balaban J connectivity index is 2.49. The highest BCUT2D eigenvalue weighted by molar-refractivity contribution is 5.89. The van der Waals surface area contributed by atoms with Crippen LogP contribution >= 0.6 is 0 Å². The van der Waals surface area contributed by atoms with Crippen molar-refractivity contribution in [3.63, 3.8) is 0 Å². The minimum atomic E-state index is -1.33. The van der Waals surface area contributed by atoms with Crippen LogP contribution in [0, 0.1) is 23.4 Å². The van der Waals surface area contributed by atoms with Gasteiger partial charge in [0.1, 0.15) is 5.82 Å². The van der Waals surface area contributed by atoms with Crippen LogP contribution in [0.15, 0.2) is 12.1 Å². The molecule has 0 aliphatic carbocycles. The highest BCUT2D eigenvalue weighted by Crippen LogP contribution is 2.18. The monoisotopic (exact) mass is 290 g/mol. The maximum absolute atomic E-state index is 13.3. The summed E-state index contributed by atoms with van der Waals surface area (Å²) in [6.45, 7) is 3.85. The SMILES string of the molecule is CC(C)C(O)CCNC(=O)Nc1cc(F)c(F)cc1F. The molecule has 0 aliphatic heterocycles. The predicted octanol–water partition coefficient (Wildman–Crippen LogP) is 2.63. The van der Waals surface area contributed by atoms with Crippen molar-refractivity contribution in [3.05, 3.63) is 29.6 Å². The second kappa shape index (κ2) is 7.14. The summed E-state index contributed by atoms with van der Waals surface area (Å²) in [7, 11) is 0. The fourth-order valence-corrected chi connectivity index (χ4v) is 1.45. The van der Waals surface area contributed by atoms with E-state index in [1.54, 1.807) is 0 Å². The zero-order valence-electron chi connectivity index (χ0n) is 11.2. The minimum absolute atomic E-state index is 0.0588. The molecule has 1 aromatic carbocycles. The number of aliphatic hydroxyl groups excluding tert-OH is 1. The van der Waals surface area contributed by atoms with Crippen molar-refractivity contribution in [2.45, 2.75) is 26.4 Å². The first-order valence-corrected chi connectivity index (χ1v) is 6.18. The van der Waals surface area contributed by atoms with Gasteiger partial charge in [-0.2, -0.15) is 0 Å². The van der Waals surface area contributed by atoms with Crippen LogP contribution in [0.3, 0.4) is 0 Å². The number of carbonyl (C=O) groups is 1. The number of aliphatic hydroxyl groups is 1. The number of halogens is 3. The fourth-order valence-electron chi connectivity index (χ4n) is 1.45. The smallest absolute Gasteiger partial charge is 0.319 e. The second-order valence-corrected chi connectivity index (χ2v) is 4.73. The molecule has 0 saturated heterocycles. The van der Waals surface area contributed by atoms with Crippen LogP contribution in [0.2, 0.25) is 0 Å². The Kier molecular flexibility index (Phi) is 5.82. The molecule has 0 heterocycles. The highest BCUT2D eigenvalue weighted by Gasteiger charge is 2.13. The Morgan fingerprint density at radius 2 is 1.80 bits per heavy atom.